The van der Waals surface area contributed by atoms with Gasteiger partial charge in [0.25, 0.3) is 5.91 Å². The number of alkyl halides is 6. The highest BCUT2D eigenvalue weighted by Gasteiger charge is 2.37. The van der Waals surface area contributed by atoms with Crippen molar-refractivity contribution in [2.45, 2.75) is 12.4 Å². The number of primary amides is 1. The number of amides is 1. The van der Waals surface area contributed by atoms with Crippen molar-refractivity contribution in [3.8, 4) is 11.4 Å². The van der Waals surface area contributed by atoms with Crippen LogP contribution in [0.25, 0.3) is 23.2 Å². The van der Waals surface area contributed by atoms with Gasteiger partial charge < -0.3 is 5.73 Å². The molecule has 1 amide bonds. The van der Waals surface area contributed by atoms with Crippen molar-refractivity contribution in [3.05, 3.63) is 70.8 Å². The summed E-state index contributed by atoms with van der Waals surface area (Å²) in [5.41, 5.74) is 0.184. The highest BCUT2D eigenvalue weighted by molar-refractivity contribution is 6.22. The van der Waals surface area contributed by atoms with Crippen LogP contribution in [0.1, 0.15) is 16.7 Å². The molecule has 5 nitrogen and oxygen atoms in total. The fourth-order valence-corrected chi connectivity index (χ4v) is 2.68. The summed E-state index contributed by atoms with van der Waals surface area (Å²) >= 11 is 0. The molecule has 0 fully saturated rings. The number of hydrogen-bond acceptors (Lipinski definition) is 3. The number of nitrogens with zero attached hydrogens (tertiary/aromatic N) is 3. The van der Waals surface area contributed by atoms with Gasteiger partial charge in [-0.15, -0.1) is 5.10 Å². The first-order valence-corrected chi connectivity index (χ1v) is 8.54. The van der Waals surface area contributed by atoms with Crippen LogP contribution in [0.15, 0.2) is 36.7 Å². The minimum absolute atomic E-state index is 0.0801. The van der Waals surface area contributed by atoms with Gasteiger partial charge in [0.1, 0.15) is 6.33 Å². The Morgan fingerprint density at radius 1 is 0.879 bits per heavy atom. The zero-order chi connectivity index (χ0) is 24.7. The van der Waals surface area contributed by atoms with E-state index in [1.807, 2.05) is 0 Å². The summed E-state index contributed by atoms with van der Waals surface area (Å²) in [6.07, 6.45) is -8.66. The van der Waals surface area contributed by atoms with Crippen LogP contribution < -0.4 is 5.73 Å². The maximum absolute atomic E-state index is 13.5. The molecule has 0 bridgehead atoms. The standard InChI is InChI=1S/C19H9F9N4O/c20-13-3-8(4-14(21)15(13)22)12(16(29)33)6-32-7-30-17(31-32)9-1-10(18(23,24)25)5-11(2-9)19(26,27)28/h1-7H,(H2,29,33)/b12-6+. The largest absolute Gasteiger partial charge is 0.416 e. The van der Waals surface area contributed by atoms with E-state index >= 15 is 0 Å². The number of benzene rings is 2. The van der Waals surface area contributed by atoms with E-state index < -0.39 is 69.4 Å². The first-order valence-electron chi connectivity index (χ1n) is 8.54. The average Bonchev–Trinajstić information content (AvgIpc) is 3.17. The predicted molar refractivity (Wildman–Crippen MR) is 95.1 cm³/mol. The third-order valence-electron chi connectivity index (χ3n) is 4.18. The Labute approximate surface area is 177 Å². The van der Waals surface area contributed by atoms with Gasteiger partial charge in [-0.3, -0.25) is 4.79 Å². The molecule has 0 aliphatic carbocycles. The molecule has 3 aromatic rings. The van der Waals surface area contributed by atoms with E-state index in [-0.39, 0.29) is 6.07 Å². The van der Waals surface area contributed by atoms with E-state index in [4.69, 9.17) is 5.73 Å². The number of carbonyl (C=O) groups excluding carboxylic acids is 1. The Hall–Kier alpha value is -3.84. The molecule has 0 saturated heterocycles. The summed E-state index contributed by atoms with van der Waals surface area (Å²) in [5.74, 6) is -6.94. The van der Waals surface area contributed by atoms with Crippen LogP contribution in [0.5, 0.6) is 0 Å². The van der Waals surface area contributed by atoms with Gasteiger partial charge in [0.05, 0.1) is 16.7 Å². The molecule has 0 atom stereocenters. The Balaban J connectivity index is 2.09. The monoisotopic (exact) mass is 480 g/mol. The maximum atomic E-state index is 13.5. The molecule has 174 valence electrons. The lowest BCUT2D eigenvalue weighted by atomic mass is 10.0. The van der Waals surface area contributed by atoms with Gasteiger partial charge in [-0.25, -0.2) is 22.8 Å². The molecule has 1 aromatic heterocycles. The molecule has 0 aliphatic heterocycles. The minimum atomic E-state index is -5.10. The van der Waals surface area contributed by atoms with Gasteiger partial charge in [0.15, 0.2) is 23.3 Å². The normalized spacial score (nSPS) is 12.8. The predicted octanol–water partition coefficient (Wildman–Crippen LogP) is 4.88. The number of carbonyl (C=O) groups is 1. The zero-order valence-corrected chi connectivity index (χ0v) is 15.8. The summed E-state index contributed by atoms with van der Waals surface area (Å²) in [6, 6.07) is 1.60. The molecule has 0 radical (unpaired) electrons. The SMILES string of the molecule is NC(=O)/C(=C/n1cnc(-c2cc(C(F)(F)F)cc(C(F)(F)F)c2)n1)c1cc(F)c(F)c(F)c1. The summed E-state index contributed by atoms with van der Waals surface area (Å²) in [5, 5.41) is 3.66. The first kappa shape index (κ1) is 23.8. The van der Waals surface area contributed by atoms with Crippen molar-refractivity contribution in [1.29, 1.82) is 0 Å². The van der Waals surface area contributed by atoms with Crippen molar-refractivity contribution in [2.24, 2.45) is 5.73 Å². The van der Waals surface area contributed by atoms with Crippen molar-refractivity contribution in [1.82, 2.24) is 14.8 Å². The van der Waals surface area contributed by atoms with Crippen LogP contribution in [-0.2, 0) is 17.1 Å². The van der Waals surface area contributed by atoms with Gasteiger partial charge in [0, 0.05) is 11.8 Å². The van der Waals surface area contributed by atoms with Crippen LogP contribution in [0.2, 0.25) is 0 Å². The topological polar surface area (TPSA) is 73.8 Å². The molecule has 0 aliphatic rings. The second-order valence-electron chi connectivity index (χ2n) is 6.50. The van der Waals surface area contributed by atoms with Crippen LogP contribution in [0.4, 0.5) is 39.5 Å². The van der Waals surface area contributed by atoms with Gasteiger partial charge in [-0.2, -0.15) is 26.3 Å². The average molecular weight is 480 g/mol. The third-order valence-corrected chi connectivity index (χ3v) is 4.18. The van der Waals surface area contributed by atoms with Crippen molar-refractivity contribution < 1.29 is 44.3 Å². The van der Waals surface area contributed by atoms with Gasteiger partial charge in [-0.1, -0.05) is 0 Å². The molecule has 2 aromatic carbocycles. The van der Waals surface area contributed by atoms with Crippen LogP contribution in [0.3, 0.4) is 0 Å². The quantitative estimate of drug-likeness (QED) is 0.329. The minimum Gasteiger partial charge on any atom is -0.366 e. The molecule has 0 unspecified atom stereocenters. The molecular weight excluding hydrogens is 471 g/mol. The van der Waals surface area contributed by atoms with E-state index in [9.17, 15) is 44.3 Å². The second-order valence-corrected chi connectivity index (χ2v) is 6.50. The number of rotatable bonds is 4. The van der Waals surface area contributed by atoms with Crippen molar-refractivity contribution in [2.75, 3.05) is 0 Å². The second kappa shape index (κ2) is 8.26. The van der Waals surface area contributed by atoms with Crippen molar-refractivity contribution >= 4 is 17.7 Å². The molecule has 2 N–H and O–H groups in total. The summed E-state index contributed by atoms with van der Waals surface area (Å²) < 4.78 is 119. The Morgan fingerprint density at radius 3 is 1.85 bits per heavy atom. The van der Waals surface area contributed by atoms with Crippen molar-refractivity contribution in [3.63, 3.8) is 0 Å². The fourth-order valence-electron chi connectivity index (χ4n) is 2.68. The smallest absolute Gasteiger partial charge is 0.366 e. The summed E-state index contributed by atoms with van der Waals surface area (Å²) in [7, 11) is 0. The Bertz CT molecular complexity index is 1200. The Kier molecular flexibility index (Phi) is 5.96. The molecule has 33 heavy (non-hydrogen) atoms. The number of nitrogens with two attached hydrogens (primary N) is 1. The van der Waals surface area contributed by atoms with E-state index in [0.29, 0.717) is 28.9 Å². The first-order chi connectivity index (χ1) is 15.2. The van der Waals surface area contributed by atoms with Crippen LogP contribution >= 0.6 is 0 Å². The number of aromatic nitrogens is 3. The van der Waals surface area contributed by atoms with Crippen LogP contribution in [-0.4, -0.2) is 20.7 Å². The molecular formula is C19H9F9N4O. The van der Waals surface area contributed by atoms with Gasteiger partial charge in [-0.05, 0) is 35.9 Å². The molecule has 0 spiro atoms. The Morgan fingerprint density at radius 2 is 1.39 bits per heavy atom. The lowest BCUT2D eigenvalue weighted by molar-refractivity contribution is -0.143. The third kappa shape index (κ3) is 5.15. The fraction of sp³-hybridized carbons (Fsp3) is 0.105. The lowest BCUT2D eigenvalue weighted by Crippen LogP contribution is -2.14. The molecule has 0 saturated carbocycles. The van der Waals surface area contributed by atoms with Crippen LogP contribution in [0, 0.1) is 17.5 Å². The highest BCUT2D eigenvalue weighted by atomic mass is 19.4. The summed E-state index contributed by atoms with van der Waals surface area (Å²) in [6.45, 7) is 0. The maximum Gasteiger partial charge on any atom is 0.416 e. The lowest BCUT2D eigenvalue weighted by Gasteiger charge is -2.13. The van der Waals surface area contributed by atoms with E-state index in [0.717, 1.165) is 12.5 Å². The van der Waals surface area contributed by atoms with Gasteiger partial charge >= 0.3 is 12.4 Å². The zero-order valence-electron chi connectivity index (χ0n) is 15.8. The molecule has 1 heterocycles. The highest BCUT2D eigenvalue weighted by Crippen LogP contribution is 2.38. The number of hydrogen-bond donors (Lipinski definition) is 1. The molecule has 3 rings (SSSR count). The van der Waals surface area contributed by atoms with E-state index in [1.165, 1.54) is 0 Å². The summed E-state index contributed by atoms with van der Waals surface area (Å²) in [4.78, 5) is 15.3. The van der Waals surface area contributed by atoms with E-state index in [1.54, 1.807) is 0 Å². The number of halogens is 9. The van der Waals surface area contributed by atoms with E-state index in [2.05, 4.69) is 10.1 Å². The van der Waals surface area contributed by atoms with Gasteiger partial charge in [0.2, 0.25) is 0 Å². The molecule has 14 heteroatoms.